The van der Waals surface area contributed by atoms with Gasteiger partial charge in [0.15, 0.2) is 5.78 Å². The lowest BCUT2D eigenvalue weighted by atomic mass is 9.75. The number of nitro groups is 1. The third-order valence-corrected chi connectivity index (χ3v) is 7.68. The lowest BCUT2D eigenvalue weighted by molar-refractivity contribution is -0.384. The Kier molecular flexibility index (Phi) is 7.88. The molecule has 3 aromatic carbocycles. The number of benzene rings is 3. The Hall–Kier alpha value is -4.52. The number of nitro benzene ring substituents is 1. The van der Waals surface area contributed by atoms with Crippen LogP contribution in [0.2, 0.25) is 10.0 Å². The predicted molar refractivity (Wildman–Crippen MR) is 155 cm³/mol. The number of ketones is 1. The first-order valence-corrected chi connectivity index (χ1v) is 13.4. The first-order valence-electron chi connectivity index (χ1n) is 12.7. The van der Waals surface area contributed by atoms with Crippen molar-refractivity contribution in [3.8, 4) is 17.6 Å². The summed E-state index contributed by atoms with van der Waals surface area (Å²) in [7, 11) is 1.54. The molecule has 1 atom stereocenters. The van der Waals surface area contributed by atoms with Crippen LogP contribution in [0.4, 0.5) is 11.4 Å². The van der Waals surface area contributed by atoms with E-state index in [1.807, 2.05) is 6.07 Å². The molecular formula is C30H24Cl2N4O5. The molecule has 0 bridgehead atoms. The molecule has 0 saturated heterocycles. The van der Waals surface area contributed by atoms with Crippen LogP contribution in [-0.4, -0.2) is 17.8 Å². The van der Waals surface area contributed by atoms with Crippen LogP contribution in [0.15, 0.2) is 83.3 Å². The van der Waals surface area contributed by atoms with Gasteiger partial charge in [-0.15, -0.1) is 0 Å². The minimum atomic E-state index is -0.708. The fourth-order valence-corrected chi connectivity index (χ4v) is 5.74. The maximum atomic E-state index is 13.5. The SMILES string of the molecule is COc1ccc(C2C(C#N)=C(N)N(c3ccc([N+](=O)[O-])cc3)C3=C2C(=O)CCC3)cc1COc1ccc(Cl)cc1Cl. The van der Waals surface area contributed by atoms with E-state index in [2.05, 4.69) is 6.07 Å². The van der Waals surface area contributed by atoms with Crippen molar-refractivity contribution in [3.05, 3.63) is 115 Å². The van der Waals surface area contributed by atoms with Crippen molar-refractivity contribution in [3.63, 3.8) is 0 Å². The number of non-ortho nitro benzene ring substituents is 1. The molecule has 208 valence electrons. The number of halogens is 2. The van der Waals surface area contributed by atoms with E-state index in [-0.39, 0.29) is 29.5 Å². The number of Topliss-reactive ketones (excluding diaryl/α,β-unsaturated/α-hetero) is 1. The van der Waals surface area contributed by atoms with Crippen molar-refractivity contribution in [2.24, 2.45) is 5.73 Å². The molecule has 1 aliphatic carbocycles. The summed E-state index contributed by atoms with van der Waals surface area (Å²) in [6.07, 6.45) is 1.50. The van der Waals surface area contributed by atoms with Crippen LogP contribution in [0.1, 0.15) is 36.3 Å². The van der Waals surface area contributed by atoms with E-state index >= 15 is 0 Å². The summed E-state index contributed by atoms with van der Waals surface area (Å²) in [5.74, 6) is 0.378. The quantitative estimate of drug-likeness (QED) is 0.235. The smallest absolute Gasteiger partial charge is 0.269 e. The maximum Gasteiger partial charge on any atom is 0.269 e. The number of rotatable bonds is 7. The minimum absolute atomic E-state index is 0.0755. The number of ether oxygens (including phenoxy) is 2. The van der Waals surface area contributed by atoms with Crippen molar-refractivity contribution in [2.75, 3.05) is 12.0 Å². The summed E-state index contributed by atoms with van der Waals surface area (Å²) in [4.78, 5) is 25.8. The molecular weight excluding hydrogens is 567 g/mol. The summed E-state index contributed by atoms with van der Waals surface area (Å²) in [5, 5.41) is 22.3. The van der Waals surface area contributed by atoms with Gasteiger partial charge in [-0.05, 0) is 60.9 Å². The van der Waals surface area contributed by atoms with Gasteiger partial charge in [-0.2, -0.15) is 5.26 Å². The summed E-state index contributed by atoms with van der Waals surface area (Å²) in [6, 6.07) is 18.4. The van der Waals surface area contributed by atoms with E-state index in [4.69, 9.17) is 38.4 Å². The molecule has 0 aromatic heterocycles. The average molecular weight is 591 g/mol. The standard InChI is InChI=1S/C30H24Cl2N4O5/c1-40-26-11-5-17(13-18(26)16-41-27-12-6-19(31)14-23(27)32)28-22(15-33)30(34)35(24-3-2-4-25(37)29(24)28)20-7-9-21(10-8-20)36(38)39/h5-14,28H,2-4,16,34H2,1H3. The Bertz CT molecular complexity index is 1660. The highest BCUT2D eigenvalue weighted by Gasteiger charge is 2.40. The Morgan fingerprint density at radius 1 is 1.10 bits per heavy atom. The predicted octanol–water partition coefficient (Wildman–Crippen LogP) is 6.79. The highest BCUT2D eigenvalue weighted by atomic mass is 35.5. The monoisotopic (exact) mass is 590 g/mol. The highest BCUT2D eigenvalue weighted by molar-refractivity contribution is 6.35. The van der Waals surface area contributed by atoms with E-state index in [9.17, 15) is 20.2 Å². The van der Waals surface area contributed by atoms with Gasteiger partial charge in [0.25, 0.3) is 5.69 Å². The van der Waals surface area contributed by atoms with Gasteiger partial charge in [-0.1, -0.05) is 29.3 Å². The van der Waals surface area contributed by atoms with Crippen molar-refractivity contribution in [2.45, 2.75) is 31.8 Å². The van der Waals surface area contributed by atoms with E-state index in [1.54, 1.807) is 54.5 Å². The van der Waals surface area contributed by atoms with Crippen molar-refractivity contribution in [1.29, 1.82) is 5.26 Å². The molecule has 0 saturated carbocycles. The van der Waals surface area contributed by atoms with Crippen molar-refractivity contribution >= 4 is 40.4 Å². The van der Waals surface area contributed by atoms with Gasteiger partial charge in [-0.3, -0.25) is 19.8 Å². The van der Waals surface area contributed by atoms with Crippen LogP contribution in [0.25, 0.3) is 0 Å². The summed E-state index contributed by atoms with van der Waals surface area (Å²) in [5.41, 5.74) is 9.81. The molecule has 5 rings (SSSR count). The van der Waals surface area contributed by atoms with Crippen LogP contribution in [-0.2, 0) is 11.4 Å². The fraction of sp³-hybridized carbons (Fsp3) is 0.200. The lowest BCUT2D eigenvalue weighted by Gasteiger charge is -2.39. The first-order chi connectivity index (χ1) is 19.7. The Balaban J connectivity index is 1.59. The van der Waals surface area contributed by atoms with Crippen LogP contribution in [0.5, 0.6) is 11.5 Å². The summed E-state index contributed by atoms with van der Waals surface area (Å²) >= 11 is 12.3. The molecule has 2 N–H and O–H groups in total. The zero-order valence-electron chi connectivity index (χ0n) is 21.9. The number of hydrogen-bond donors (Lipinski definition) is 1. The summed E-state index contributed by atoms with van der Waals surface area (Å²) < 4.78 is 11.5. The highest BCUT2D eigenvalue weighted by Crippen LogP contribution is 2.47. The normalized spacial score (nSPS) is 16.8. The number of carbonyl (C=O) groups excluding carboxylic acids is 1. The third-order valence-electron chi connectivity index (χ3n) is 7.15. The molecule has 1 heterocycles. The van der Waals surface area contributed by atoms with E-state index in [0.29, 0.717) is 68.9 Å². The second-order valence-electron chi connectivity index (χ2n) is 9.52. The molecule has 0 fully saturated rings. The molecule has 3 aromatic rings. The molecule has 41 heavy (non-hydrogen) atoms. The molecule has 1 unspecified atom stereocenters. The van der Waals surface area contributed by atoms with Gasteiger partial charge in [0.05, 0.1) is 34.6 Å². The second kappa shape index (κ2) is 11.5. The number of allylic oxidation sites excluding steroid dienone is 3. The molecule has 0 radical (unpaired) electrons. The number of hydrogen-bond acceptors (Lipinski definition) is 8. The first kappa shape index (κ1) is 28.0. The number of nitriles is 1. The fourth-order valence-electron chi connectivity index (χ4n) is 5.28. The molecule has 1 aliphatic heterocycles. The number of nitrogens with two attached hydrogens (primary N) is 1. The van der Waals surface area contributed by atoms with Crippen LogP contribution in [0, 0.1) is 21.4 Å². The largest absolute Gasteiger partial charge is 0.496 e. The van der Waals surface area contributed by atoms with Gasteiger partial charge >= 0.3 is 0 Å². The topological polar surface area (TPSA) is 132 Å². The van der Waals surface area contributed by atoms with Crippen LogP contribution >= 0.6 is 23.2 Å². The molecule has 0 spiro atoms. The van der Waals surface area contributed by atoms with Gasteiger partial charge < -0.3 is 15.2 Å². The van der Waals surface area contributed by atoms with E-state index < -0.39 is 10.8 Å². The molecule has 0 amide bonds. The Labute approximate surface area is 246 Å². The molecule has 2 aliphatic rings. The zero-order valence-corrected chi connectivity index (χ0v) is 23.4. The van der Waals surface area contributed by atoms with E-state index in [1.165, 1.54) is 12.1 Å². The number of nitrogens with zero attached hydrogens (tertiary/aromatic N) is 3. The second-order valence-corrected chi connectivity index (χ2v) is 10.4. The van der Waals surface area contributed by atoms with Crippen molar-refractivity contribution in [1.82, 2.24) is 0 Å². The molecule has 11 heteroatoms. The number of carbonyl (C=O) groups is 1. The van der Waals surface area contributed by atoms with Gasteiger partial charge in [0.1, 0.15) is 23.9 Å². The van der Waals surface area contributed by atoms with E-state index in [0.717, 1.165) is 0 Å². The zero-order chi connectivity index (χ0) is 29.3. The third kappa shape index (κ3) is 5.32. The number of methoxy groups -OCH3 is 1. The van der Waals surface area contributed by atoms with Crippen LogP contribution in [0.3, 0.4) is 0 Å². The Morgan fingerprint density at radius 3 is 2.49 bits per heavy atom. The summed E-state index contributed by atoms with van der Waals surface area (Å²) in [6.45, 7) is 0.0982. The van der Waals surface area contributed by atoms with Crippen LogP contribution < -0.4 is 20.1 Å². The minimum Gasteiger partial charge on any atom is -0.496 e. The van der Waals surface area contributed by atoms with Gasteiger partial charge in [0, 0.05) is 46.1 Å². The number of anilines is 1. The average Bonchev–Trinajstić information content (AvgIpc) is 2.96. The van der Waals surface area contributed by atoms with Gasteiger partial charge in [-0.25, -0.2) is 0 Å². The van der Waals surface area contributed by atoms with Gasteiger partial charge in [0.2, 0.25) is 0 Å². The lowest BCUT2D eigenvalue weighted by Crippen LogP contribution is -2.38. The van der Waals surface area contributed by atoms with Crippen molar-refractivity contribution < 1.29 is 19.2 Å². The Morgan fingerprint density at radius 2 is 1.83 bits per heavy atom. The molecule has 9 nitrogen and oxygen atoms in total. The maximum absolute atomic E-state index is 13.5.